The summed E-state index contributed by atoms with van der Waals surface area (Å²) in [5.41, 5.74) is 3.67. The number of carbonyl (C=O) groups excluding carboxylic acids is 2. The largest absolute Gasteiger partial charge is 0.454 e. The molecule has 2 aromatic heterocycles. The van der Waals surface area contributed by atoms with E-state index in [0.29, 0.717) is 24.1 Å². The highest BCUT2D eigenvalue weighted by atomic mass is 16.5. The van der Waals surface area contributed by atoms with E-state index in [4.69, 9.17) is 4.74 Å². The summed E-state index contributed by atoms with van der Waals surface area (Å²) in [6.07, 6.45) is 3.88. The van der Waals surface area contributed by atoms with Crippen molar-refractivity contribution in [2.75, 3.05) is 6.54 Å². The summed E-state index contributed by atoms with van der Waals surface area (Å²) in [4.78, 5) is 28.0. The number of hydrogen-bond acceptors (Lipinski definition) is 5. The van der Waals surface area contributed by atoms with Crippen molar-refractivity contribution in [3.05, 3.63) is 101 Å². The standard InChI is InChI=1S/C26H22N4O3/c31-25(29-14-6-9-21(29)24-28-27-23-10-4-5-13-30(23)24)18-11-12-20-19(15-18)16-22(33-26(20)32)17-7-2-1-3-8-17/h1-5,7-8,10-13,15,21-22H,6,9,14,16H2. The van der Waals surface area contributed by atoms with Gasteiger partial charge in [0.1, 0.15) is 6.10 Å². The Hall–Kier alpha value is -4.00. The fourth-order valence-corrected chi connectivity index (χ4v) is 4.91. The minimum atomic E-state index is -0.349. The highest BCUT2D eigenvalue weighted by molar-refractivity contribution is 5.98. The number of benzene rings is 2. The number of rotatable bonds is 3. The molecule has 2 unspecified atom stereocenters. The third-order valence-electron chi connectivity index (χ3n) is 6.55. The van der Waals surface area contributed by atoms with Crippen molar-refractivity contribution in [3.8, 4) is 0 Å². The van der Waals surface area contributed by atoms with Gasteiger partial charge in [0.25, 0.3) is 5.91 Å². The van der Waals surface area contributed by atoms with Crippen LogP contribution in [-0.2, 0) is 11.2 Å². The Morgan fingerprint density at radius 1 is 1.00 bits per heavy atom. The Balaban J connectivity index is 1.30. The summed E-state index contributed by atoms with van der Waals surface area (Å²) < 4.78 is 7.60. The van der Waals surface area contributed by atoms with Crippen LogP contribution in [0.1, 0.15) is 62.7 Å². The molecular weight excluding hydrogens is 416 g/mol. The summed E-state index contributed by atoms with van der Waals surface area (Å²) in [6, 6.07) is 20.6. The molecule has 2 atom stereocenters. The van der Waals surface area contributed by atoms with Gasteiger partial charge in [-0.05, 0) is 54.3 Å². The van der Waals surface area contributed by atoms with Gasteiger partial charge in [-0.2, -0.15) is 0 Å². The first-order valence-electron chi connectivity index (χ1n) is 11.2. The Morgan fingerprint density at radius 3 is 2.73 bits per heavy atom. The second-order valence-corrected chi connectivity index (χ2v) is 8.52. The topological polar surface area (TPSA) is 76.8 Å². The van der Waals surface area contributed by atoms with Crippen molar-refractivity contribution in [1.82, 2.24) is 19.5 Å². The van der Waals surface area contributed by atoms with E-state index in [1.54, 1.807) is 12.1 Å². The molecule has 0 radical (unpaired) electrons. The fraction of sp³-hybridized carbons (Fsp3) is 0.231. The number of ether oxygens (including phenoxy) is 1. The highest BCUT2D eigenvalue weighted by Crippen LogP contribution is 2.34. The van der Waals surface area contributed by atoms with E-state index in [2.05, 4.69) is 10.2 Å². The summed E-state index contributed by atoms with van der Waals surface area (Å²) in [7, 11) is 0. The number of carbonyl (C=O) groups is 2. The van der Waals surface area contributed by atoms with Crippen LogP contribution in [0.25, 0.3) is 5.65 Å². The Labute approximate surface area is 190 Å². The Morgan fingerprint density at radius 2 is 1.85 bits per heavy atom. The number of hydrogen-bond donors (Lipinski definition) is 0. The monoisotopic (exact) mass is 438 g/mol. The van der Waals surface area contributed by atoms with Gasteiger partial charge in [0.2, 0.25) is 0 Å². The lowest BCUT2D eigenvalue weighted by Crippen LogP contribution is -2.32. The average Bonchev–Trinajstić information content (AvgIpc) is 3.50. The van der Waals surface area contributed by atoms with Gasteiger partial charge in [-0.25, -0.2) is 4.79 Å². The summed E-state index contributed by atoms with van der Waals surface area (Å²) in [5, 5.41) is 8.64. The molecule has 2 aromatic carbocycles. The normalized spacial score (nSPS) is 20.0. The first-order valence-corrected chi connectivity index (χ1v) is 11.2. The third kappa shape index (κ3) is 3.36. The van der Waals surface area contributed by atoms with E-state index in [-0.39, 0.29) is 24.0 Å². The number of amides is 1. The Bertz CT molecular complexity index is 1360. The molecule has 7 heteroatoms. The predicted molar refractivity (Wildman–Crippen MR) is 121 cm³/mol. The molecule has 1 fully saturated rings. The van der Waals surface area contributed by atoms with Crippen LogP contribution in [0.2, 0.25) is 0 Å². The molecule has 4 aromatic rings. The fourth-order valence-electron chi connectivity index (χ4n) is 4.91. The van der Waals surface area contributed by atoms with Crippen LogP contribution in [0, 0.1) is 0 Å². The molecule has 164 valence electrons. The van der Waals surface area contributed by atoms with Gasteiger partial charge >= 0.3 is 5.97 Å². The maximum Gasteiger partial charge on any atom is 0.339 e. The number of fused-ring (bicyclic) bond motifs is 2. The molecule has 2 aliphatic rings. The van der Waals surface area contributed by atoms with Crippen LogP contribution >= 0.6 is 0 Å². The zero-order valence-corrected chi connectivity index (χ0v) is 17.9. The molecule has 0 spiro atoms. The lowest BCUT2D eigenvalue weighted by atomic mass is 9.93. The number of esters is 1. The van der Waals surface area contributed by atoms with Crippen molar-refractivity contribution >= 4 is 17.5 Å². The zero-order valence-electron chi connectivity index (χ0n) is 17.9. The molecule has 1 saturated heterocycles. The molecule has 0 aliphatic carbocycles. The van der Waals surface area contributed by atoms with Gasteiger partial charge < -0.3 is 9.64 Å². The van der Waals surface area contributed by atoms with Crippen molar-refractivity contribution in [1.29, 1.82) is 0 Å². The van der Waals surface area contributed by atoms with Gasteiger partial charge in [-0.1, -0.05) is 36.4 Å². The van der Waals surface area contributed by atoms with Crippen LogP contribution < -0.4 is 0 Å². The van der Waals surface area contributed by atoms with Crippen molar-refractivity contribution < 1.29 is 14.3 Å². The molecular formula is C26H22N4O3. The van der Waals surface area contributed by atoms with E-state index in [9.17, 15) is 9.59 Å². The minimum absolute atomic E-state index is 0.0526. The number of aromatic nitrogens is 3. The molecule has 7 nitrogen and oxygen atoms in total. The predicted octanol–water partition coefficient (Wildman–Crippen LogP) is 4.16. The lowest BCUT2D eigenvalue weighted by molar-refractivity contribution is 0.0252. The number of nitrogens with zero attached hydrogens (tertiary/aromatic N) is 4. The molecule has 0 bridgehead atoms. The number of likely N-dealkylation sites (tertiary alicyclic amines) is 1. The lowest BCUT2D eigenvalue weighted by Gasteiger charge is -2.27. The van der Waals surface area contributed by atoms with Crippen molar-refractivity contribution in [2.24, 2.45) is 0 Å². The molecule has 0 N–H and O–H groups in total. The maximum absolute atomic E-state index is 13.6. The molecule has 4 heterocycles. The van der Waals surface area contributed by atoms with E-state index < -0.39 is 0 Å². The minimum Gasteiger partial charge on any atom is -0.454 e. The smallest absolute Gasteiger partial charge is 0.339 e. The number of cyclic esters (lactones) is 1. The average molecular weight is 438 g/mol. The molecule has 6 rings (SSSR count). The van der Waals surface area contributed by atoms with Gasteiger partial charge in [-0.15, -0.1) is 10.2 Å². The maximum atomic E-state index is 13.6. The first-order chi connectivity index (χ1) is 16.2. The second kappa shape index (κ2) is 7.85. The van der Waals surface area contributed by atoms with Gasteiger partial charge in [0.05, 0.1) is 11.6 Å². The van der Waals surface area contributed by atoms with Crippen molar-refractivity contribution in [2.45, 2.75) is 31.4 Å². The van der Waals surface area contributed by atoms with Crippen LogP contribution in [0.4, 0.5) is 0 Å². The van der Waals surface area contributed by atoms with Gasteiger partial charge in [-0.3, -0.25) is 9.20 Å². The van der Waals surface area contributed by atoms with Gasteiger partial charge in [0.15, 0.2) is 11.5 Å². The molecule has 1 amide bonds. The number of pyridine rings is 1. The Kier molecular flexibility index (Phi) is 4.68. The highest BCUT2D eigenvalue weighted by Gasteiger charge is 2.35. The molecule has 2 aliphatic heterocycles. The zero-order chi connectivity index (χ0) is 22.4. The summed E-state index contributed by atoms with van der Waals surface area (Å²) >= 11 is 0. The van der Waals surface area contributed by atoms with E-state index >= 15 is 0 Å². The quantitative estimate of drug-likeness (QED) is 0.449. The second-order valence-electron chi connectivity index (χ2n) is 8.52. The SMILES string of the molecule is O=C1OC(c2ccccc2)Cc2cc(C(=O)N3CCCC3c3nnc4ccccn34)ccc21. The first kappa shape index (κ1) is 19.7. The van der Waals surface area contributed by atoms with Crippen LogP contribution in [0.5, 0.6) is 0 Å². The molecule has 33 heavy (non-hydrogen) atoms. The van der Waals surface area contributed by atoms with Crippen LogP contribution in [0.3, 0.4) is 0 Å². The molecule has 0 saturated carbocycles. The van der Waals surface area contributed by atoms with E-state index in [1.807, 2.05) is 70.1 Å². The summed E-state index contributed by atoms with van der Waals surface area (Å²) in [6.45, 7) is 0.664. The van der Waals surface area contributed by atoms with Crippen molar-refractivity contribution in [3.63, 3.8) is 0 Å². The third-order valence-corrected chi connectivity index (χ3v) is 6.55. The van der Waals surface area contributed by atoms with Gasteiger partial charge in [0, 0.05) is 24.7 Å². The van der Waals surface area contributed by atoms with Crippen LogP contribution in [0.15, 0.2) is 72.9 Å². The van der Waals surface area contributed by atoms with E-state index in [0.717, 1.165) is 35.4 Å². The van der Waals surface area contributed by atoms with Crippen LogP contribution in [-0.4, -0.2) is 37.9 Å². The summed E-state index contributed by atoms with van der Waals surface area (Å²) in [5.74, 6) is 0.378. The van der Waals surface area contributed by atoms with E-state index in [1.165, 1.54) is 0 Å².